The normalized spacial score (nSPS) is 15.9. The first-order valence-corrected chi connectivity index (χ1v) is 6.36. The molecule has 2 N–H and O–H groups in total. The second kappa shape index (κ2) is 4.24. The number of rotatable bonds is 2. The summed E-state index contributed by atoms with van der Waals surface area (Å²) in [5, 5.41) is 17.8. The Kier molecular flexibility index (Phi) is 2.68. The van der Waals surface area contributed by atoms with Crippen LogP contribution in [0.2, 0.25) is 0 Å². The standard InChI is InChI=1S/C15H17N3O/c1-15(2,19)12-7-11(9-16-10-12)14-8-13-5-3-4-6-18(13)17-14/h3-8,10,16,19H,9H2,1-2H3. The third-order valence-electron chi connectivity index (χ3n) is 3.29. The summed E-state index contributed by atoms with van der Waals surface area (Å²) in [5.41, 5.74) is 3.11. The van der Waals surface area contributed by atoms with Crippen molar-refractivity contribution in [1.82, 2.24) is 14.9 Å². The molecule has 4 heteroatoms. The first-order chi connectivity index (χ1) is 9.04. The van der Waals surface area contributed by atoms with Crippen molar-refractivity contribution < 1.29 is 5.11 Å². The topological polar surface area (TPSA) is 49.6 Å². The zero-order valence-corrected chi connectivity index (χ0v) is 11.1. The molecular formula is C15H17N3O. The van der Waals surface area contributed by atoms with Gasteiger partial charge in [-0.05, 0) is 49.3 Å². The Morgan fingerprint density at radius 1 is 1.37 bits per heavy atom. The van der Waals surface area contributed by atoms with Crippen LogP contribution in [0.1, 0.15) is 19.5 Å². The van der Waals surface area contributed by atoms with Gasteiger partial charge >= 0.3 is 0 Å². The van der Waals surface area contributed by atoms with Crippen molar-refractivity contribution in [3.63, 3.8) is 0 Å². The minimum absolute atomic E-state index is 0.726. The molecule has 0 unspecified atom stereocenters. The van der Waals surface area contributed by atoms with Gasteiger partial charge in [-0.25, -0.2) is 4.52 Å². The maximum Gasteiger partial charge on any atom is 0.0911 e. The van der Waals surface area contributed by atoms with Gasteiger partial charge in [0.05, 0.1) is 16.8 Å². The maximum absolute atomic E-state index is 10.1. The van der Waals surface area contributed by atoms with Gasteiger partial charge in [0.15, 0.2) is 0 Å². The van der Waals surface area contributed by atoms with Gasteiger partial charge in [-0.3, -0.25) is 0 Å². The van der Waals surface area contributed by atoms with E-state index in [-0.39, 0.29) is 0 Å². The molecule has 19 heavy (non-hydrogen) atoms. The highest BCUT2D eigenvalue weighted by molar-refractivity contribution is 5.72. The van der Waals surface area contributed by atoms with Gasteiger partial charge in [0.1, 0.15) is 0 Å². The van der Waals surface area contributed by atoms with E-state index in [0.717, 1.165) is 28.9 Å². The lowest BCUT2D eigenvalue weighted by Crippen LogP contribution is -2.26. The van der Waals surface area contributed by atoms with Crippen LogP contribution in [0.15, 0.2) is 48.3 Å². The number of nitrogens with one attached hydrogen (secondary N) is 1. The maximum atomic E-state index is 10.1. The summed E-state index contributed by atoms with van der Waals surface area (Å²) in [6, 6.07) is 8.04. The van der Waals surface area contributed by atoms with Crippen LogP contribution >= 0.6 is 0 Å². The van der Waals surface area contributed by atoms with E-state index in [1.807, 2.05) is 41.2 Å². The number of dihydropyridines is 1. The van der Waals surface area contributed by atoms with E-state index in [9.17, 15) is 5.11 Å². The third kappa shape index (κ3) is 2.27. The highest BCUT2D eigenvalue weighted by atomic mass is 16.3. The number of aliphatic hydroxyl groups is 1. The molecule has 1 aliphatic rings. The van der Waals surface area contributed by atoms with Gasteiger partial charge in [-0.2, -0.15) is 5.10 Å². The lowest BCUT2D eigenvalue weighted by molar-refractivity contribution is 0.123. The average molecular weight is 255 g/mol. The Hall–Kier alpha value is -2.07. The molecular weight excluding hydrogens is 238 g/mol. The second-order valence-corrected chi connectivity index (χ2v) is 5.31. The summed E-state index contributed by atoms with van der Waals surface area (Å²) < 4.78 is 1.86. The number of hydrogen-bond donors (Lipinski definition) is 2. The molecule has 0 aliphatic carbocycles. The first-order valence-electron chi connectivity index (χ1n) is 6.36. The predicted molar refractivity (Wildman–Crippen MR) is 75.6 cm³/mol. The largest absolute Gasteiger partial charge is 0.386 e. The summed E-state index contributed by atoms with van der Waals surface area (Å²) in [7, 11) is 0. The van der Waals surface area contributed by atoms with E-state index in [4.69, 9.17) is 0 Å². The molecule has 0 amide bonds. The summed E-state index contributed by atoms with van der Waals surface area (Å²) >= 11 is 0. The molecule has 0 spiro atoms. The minimum atomic E-state index is -0.849. The highest BCUT2D eigenvalue weighted by Gasteiger charge is 2.21. The Morgan fingerprint density at radius 2 is 2.21 bits per heavy atom. The van der Waals surface area contributed by atoms with Crippen molar-refractivity contribution >= 4 is 11.1 Å². The molecule has 0 radical (unpaired) electrons. The molecule has 2 aromatic heterocycles. The van der Waals surface area contributed by atoms with Crippen LogP contribution in [0.25, 0.3) is 11.1 Å². The molecule has 0 bridgehead atoms. The van der Waals surface area contributed by atoms with E-state index < -0.39 is 5.60 Å². The molecule has 1 aliphatic heterocycles. The van der Waals surface area contributed by atoms with Crippen molar-refractivity contribution in [2.45, 2.75) is 19.4 Å². The zero-order valence-electron chi connectivity index (χ0n) is 11.1. The lowest BCUT2D eigenvalue weighted by Gasteiger charge is -2.23. The number of fused-ring (bicyclic) bond motifs is 1. The molecule has 0 saturated heterocycles. The molecule has 3 heterocycles. The highest BCUT2D eigenvalue weighted by Crippen LogP contribution is 2.25. The number of aromatic nitrogens is 2. The molecule has 0 aromatic carbocycles. The van der Waals surface area contributed by atoms with Crippen molar-refractivity contribution in [2.75, 3.05) is 6.54 Å². The van der Waals surface area contributed by atoms with Gasteiger partial charge in [0.25, 0.3) is 0 Å². The molecule has 0 saturated carbocycles. The minimum Gasteiger partial charge on any atom is -0.386 e. The molecule has 0 atom stereocenters. The SMILES string of the molecule is CC(C)(O)C1=CNCC(c2cc3ccccn3n2)=C1. The van der Waals surface area contributed by atoms with Crippen molar-refractivity contribution in [1.29, 1.82) is 0 Å². The van der Waals surface area contributed by atoms with Crippen LogP contribution in [0.3, 0.4) is 0 Å². The Labute approximate surface area is 112 Å². The summed E-state index contributed by atoms with van der Waals surface area (Å²) in [5.74, 6) is 0. The fourth-order valence-electron chi connectivity index (χ4n) is 2.16. The molecule has 4 nitrogen and oxygen atoms in total. The smallest absolute Gasteiger partial charge is 0.0911 e. The Bertz CT molecular complexity index is 641. The van der Waals surface area contributed by atoms with Crippen molar-refractivity contribution in [3.05, 3.63) is 54.0 Å². The molecule has 0 fully saturated rings. The van der Waals surface area contributed by atoms with Crippen LogP contribution in [0.4, 0.5) is 0 Å². The van der Waals surface area contributed by atoms with Crippen molar-refractivity contribution in [2.24, 2.45) is 0 Å². The monoisotopic (exact) mass is 255 g/mol. The summed E-state index contributed by atoms with van der Waals surface area (Å²) in [4.78, 5) is 0. The second-order valence-electron chi connectivity index (χ2n) is 5.31. The number of hydrogen-bond acceptors (Lipinski definition) is 3. The fraction of sp³-hybridized carbons (Fsp3) is 0.267. The average Bonchev–Trinajstić information content (AvgIpc) is 2.81. The van der Waals surface area contributed by atoms with E-state index in [1.165, 1.54) is 0 Å². The van der Waals surface area contributed by atoms with Gasteiger partial charge in [-0.1, -0.05) is 6.07 Å². The van der Waals surface area contributed by atoms with E-state index in [1.54, 1.807) is 13.8 Å². The third-order valence-corrected chi connectivity index (χ3v) is 3.29. The van der Waals surface area contributed by atoms with Gasteiger partial charge in [0, 0.05) is 18.9 Å². The first kappa shape index (κ1) is 12.0. The summed E-state index contributed by atoms with van der Waals surface area (Å²) in [6.07, 6.45) is 5.81. The Morgan fingerprint density at radius 3 is 2.95 bits per heavy atom. The van der Waals surface area contributed by atoms with E-state index in [2.05, 4.69) is 16.5 Å². The fourth-order valence-corrected chi connectivity index (χ4v) is 2.16. The number of nitrogens with zero attached hydrogens (tertiary/aromatic N) is 2. The van der Waals surface area contributed by atoms with Crippen molar-refractivity contribution in [3.8, 4) is 0 Å². The van der Waals surface area contributed by atoms with Crippen LogP contribution < -0.4 is 5.32 Å². The van der Waals surface area contributed by atoms with E-state index >= 15 is 0 Å². The molecule has 3 rings (SSSR count). The number of pyridine rings is 1. The summed E-state index contributed by atoms with van der Waals surface area (Å²) in [6.45, 7) is 4.29. The van der Waals surface area contributed by atoms with E-state index in [0.29, 0.717) is 0 Å². The Balaban J connectivity index is 2.02. The van der Waals surface area contributed by atoms with Crippen LogP contribution in [0.5, 0.6) is 0 Å². The van der Waals surface area contributed by atoms with Crippen LogP contribution in [-0.2, 0) is 0 Å². The lowest BCUT2D eigenvalue weighted by atomic mass is 9.94. The predicted octanol–water partition coefficient (Wildman–Crippen LogP) is 1.98. The van der Waals surface area contributed by atoms with Crippen LogP contribution in [0, 0.1) is 0 Å². The quantitative estimate of drug-likeness (QED) is 0.862. The zero-order chi connectivity index (χ0) is 13.5. The van der Waals surface area contributed by atoms with Crippen LogP contribution in [-0.4, -0.2) is 26.9 Å². The van der Waals surface area contributed by atoms with Gasteiger partial charge in [0.2, 0.25) is 0 Å². The van der Waals surface area contributed by atoms with Gasteiger partial charge < -0.3 is 10.4 Å². The molecule has 2 aromatic rings. The molecule has 98 valence electrons. The van der Waals surface area contributed by atoms with Gasteiger partial charge in [-0.15, -0.1) is 0 Å².